The van der Waals surface area contributed by atoms with Crippen LogP contribution in [0.25, 0.3) is 5.57 Å². The molecule has 0 radical (unpaired) electrons. The zero-order chi connectivity index (χ0) is 15.5. The number of hydrogen-bond donors (Lipinski definition) is 2. The van der Waals surface area contributed by atoms with Crippen molar-refractivity contribution in [3.63, 3.8) is 0 Å². The van der Waals surface area contributed by atoms with Crippen LogP contribution in [0.3, 0.4) is 0 Å². The molecule has 112 valence electrons. The number of hydrogen-bond acceptors (Lipinski definition) is 2. The zero-order valence-electron chi connectivity index (χ0n) is 12.7. The van der Waals surface area contributed by atoms with Crippen LogP contribution in [0.2, 0.25) is 0 Å². The number of nitrogens with one attached hydrogen (secondary N) is 1. The molecular weight excluding hydrogens is 272 g/mol. The normalized spacial score (nSPS) is 13.7. The molecule has 0 spiro atoms. The minimum absolute atomic E-state index is 0.251. The minimum atomic E-state index is -0.251. The largest absolute Gasteiger partial charge is 0.290 e. The molecular formula is C19H20N2O. The third-order valence-electron chi connectivity index (χ3n) is 4.31. The molecule has 3 heteroatoms. The van der Waals surface area contributed by atoms with E-state index in [4.69, 9.17) is 5.84 Å². The quantitative estimate of drug-likeness (QED) is 0.517. The maximum absolute atomic E-state index is 11.8. The second-order valence-corrected chi connectivity index (χ2v) is 5.54. The van der Waals surface area contributed by atoms with Crippen LogP contribution in [0.15, 0.2) is 54.1 Å². The lowest BCUT2D eigenvalue weighted by molar-refractivity contribution is 0.0953. The summed E-state index contributed by atoms with van der Waals surface area (Å²) in [5.41, 5.74) is 9.21. The molecule has 0 bridgehead atoms. The summed E-state index contributed by atoms with van der Waals surface area (Å²) in [6.07, 6.45) is 3.13. The van der Waals surface area contributed by atoms with E-state index in [1.165, 1.54) is 22.3 Å². The molecule has 0 saturated carbocycles. The van der Waals surface area contributed by atoms with Crippen molar-refractivity contribution in [2.75, 3.05) is 0 Å². The molecule has 1 amide bonds. The summed E-state index contributed by atoms with van der Waals surface area (Å²) in [5, 5.41) is 0. The molecule has 2 aromatic carbocycles. The molecule has 0 atom stereocenters. The zero-order valence-corrected chi connectivity index (χ0v) is 12.7. The van der Waals surface area contributed by atoms with E-state index in [1.807, 2.05) is 18.2 Å². The summed E-state index contributed by atoms with van der Waals surface area (Å²) >= 11 is 0. The number of amides is 1. The van der Waals surface area contributed by atoms with Gasteiger partial charge in [-0.2, -0.15) is 0 Å². The van der Waals surface area contributed by atoms with Gasteiger partial charge >= 0.3 is 0 Å². The summed E-state index contributed by atoms with van der Waals surface area (Å²) in [6, 6.07) is 16.3. The molecule has 0 saturated heterocycles. The number of carbonyl (C=O) groups excluding carboxylic acids is 1. The number of nitrogen functional groups attached to an aromatic ring is 1. The van der Waals surface area contributed by atoms with Crippen LogP contribution in [0.1, 0.15) is 46.8 Å². The van der Waals surface area contributed by atoms with E-state index in [1.54, 1.807) is 0 Å². The molecule has 0 aliphatic heterocycles. The topological polar surface area (TPSA) is 55.1 Å². The molecule has 2 aromatic rings. The van der Waals surface area contributed by atoms with E-state index in [9.17, 15) is 4.79 Å². The maximum atomic E-state index is 11.8. The van der Waals surface area contributed by atoms with Crippen molar-refractivity contribution < 1.29 is 4.79 Å². The first-order valence-corrected chi connectivity index (χ1v) is 7.66. The summed E-state index contributed by atoms with van der Waals surface area (Å²) in [5.74, 6) is 5.02. The Morgan fingerprint density at radius 1 is 1.14 bits per heavy atom. The van der Waals surface area contributed by atoms with Gasteiger partial charge in [0.05, 0.1) is 0 Å². The van der Waals surface area contributed by atoms with Gasteiger partial charge in [-0.25, -0.2) is 5.84 Å². The van der Waals surface area contributed by atoms with Gasteiger partial charge in [-0.05, 0) is 53.7 Å². The van der Waals surface area contributed by atoms with Crippen molar-refractivity contribution in [3.8, 4) is 0 Å². The fourth-order valence-electron chi connectivity index (χ4n) is 3.17. The Bertz CT molecular complexity index is 732. The van der Waals surface area contributed by atoms with Crippen molar-refractivity contribution in [1.29, 1.82) is 0 Å². The Morgan fingerprint density at radius 3 is 2.59 bits per heavy atom. The number of hydrazine groups is 1. The van der Waals surface area contributed by atoms with Crippen LogP contribution in [-0.4, -0.2) is 5.91 Å². The lowest BCUT2D eigenvalue weighted by Crippen LogP contribution is -2.30. The number of fused-ring (bicyclic) bond motifs is 1. The van der Waals surface area contributed by atoms with E-state index in [2.05, 4.69) is 42.7 Å². The average Bonchev–Trinajstić information content (AvgIpc) is 2.60. The van der Waals surface area contributed by atoms with Gasteiger partial charge in [0.2, 0.25) is 0 Å². The Morgan fingerprint density at radius 2 is 1.91 bits per heavy atom. The first-order chi connectivity index (χ1) is 10.7. The summed E-state index contributed by atoms with van der Waals surface area (Å²) < 4.78 is 0. The average molecular weight is 292 g/mol. The Kier molecular flexibility index (Phi) is 4.07. The predicted octanol–water partition coefficient (Wildman–Crippen LogP) is 3.45. The van der Waals surface area contributed by atoms with Crippen LogP contribution in [-0.2, 0) is 6.42 Å². The van der Waals surface area contributed by atoms with Gasteiger partial charge in [-0.1, -0.05) is 48.9 Å². The third kappa shape index (κ3) is 2.55. The highest BCUT2D eigenvalue weighted by Crippen LogP contribution is 2.37. The number of aryl methyl sites for hydroxylation is 1. The van der Waals surface area contributed by atoms with Gasteiger partial charge in [0, 0.05) is 5.56 Å². The summed E-state index contributed by atoms with van der Waals surface area (Å²) in [6.45, 7) is 2.19. The second-order valence-electron chi connectivity index (χ2n) is 5.54. The highest BCUT2D eigenvalue weighted by molar-refractivity contribution is 5.96. The minimum Gasteiger partial charge on any atom is -0.290 e. The number of allylic oxidation sites excluding steroid dienone is 1. The van der Waals surface area contributed by atoms with Crippen LogP contribution < -0.4 is 11.3 Å². The van der Waals surface area contributed by atoms with Crippen LogP contribution in [0, 0.1) is 0 Å². The highest BCUT2D eigenvalue weighted by Gasteiger charge is 2.20. The molecule has 0 heterocycles. The van der Waals surface area contributed by atoms with Crippen molar-refractivity contribution in [2.24, 2.45) is 5.84 Å². The van der Waals surface area contributed by atoms with Crippen LogP contribution >= 0.6 is 0 Å². The lowest BCUT2D eigenvalue weighted by Gasteiger charge is -2.24. The Hall–Kier alpha value is -2.39. The Labute approximate surface area is 130 Å². The second kappa shape index (κ2) is 6.16. The van der Waals surface area contributed by atoms with E-state index >= 15 is 0 Å². The van der Waals surface area contributed by atoms with Crippen molar-refractivity contribution in [1.82, 2.24) is 5.43 Å². The van der Waals surface area contributed by atoms with Gasteiger partial charge < -0.3 is 0 Å². The van der Waals surface area contributed by atoms with Crippen molar-refractivity contribution >= 4 is 11.5 Å². The molecule has 0 unspecified atom stereocenters. The van der Waals surface area contributed by atoms with Crippen LogP contribution in [0.5, 0.6) is 0 Å². The SMILES string of the molecule is CCC1=C(c2ccccc2)c2cc(C(=O)NN)ccc2CC1. The first-order valence-electron chi connectivity index (χ1n) is 7.66. The predicted molar refractivity (Wildman–Crippen MR) is 89.2 cm³/mol. The number of carbonyl (C=O) groups is 1. The lowest BCUT2D eigenvalue weighted by atomic mass is 9.80. The Balaban J connectivity index is 2.19. The van der Waals surface area contributed by atoms with E-state index in [0.29, 0.717) is 5.56 Å². The third-order valence-corrected chi connectivity index (χ3v) is 4.31. The molecule has 3 N–H and O–H groups in total. The van der Waals surface area contributed by atoms with Crippen molar-refractivity contribution in [3.05, 3.63) is 76.4 Å². The first kappa shape index (κ1) is 14.5. The molecule has 0 fully saturated rings. The molecule has 22 heavy (non-hydrogen) atoms. The number of rotatable bonds is 3. The molecule has 3 nitrogen and oxygen atoms in total. The van der Waals surface area contributed by atoms with Crippen LogP contribution in [0.4, 0.5) is 0 Å². The standard InChI is InChI=1S/C19H20N2O/c1-2-13-8-9-14-10-11-16(19(22)21-20)12-17(14)18(13)15-6-4-3-5-7-15/h3-7,10-12H,2,8-9,20H2,1H3,(H,21,22). The molecule has 1 aliphatic carbocycles. The summed E-state index contributed by atoms with van der Waals surface area (Å²) in [4.78, 5) is 11.8. The fraction of sp³-hybridized carbons (Fsp3) is 0.211. The highest BCUT2D eigenvalue weighted by atomic mass is 16.2. The summed E-state index contributed by atoms with van der Waals surface area (Å²) in [7, 11) is 0. The van der Waals surface area contributed by atoms with Crippen molar-refractivity contribution in [2.45, 2.75) is 26.2 Å². The van der Waals surface area contributed by atoms with Gasteiger partial charge in [0.15, 0.2) is 0 Å². The van der Waals surface area contributed by atoms with E-state index in [0.717, 1.165) is 24.8 Å². The molecule has 1 aliphatic rings. The smallest absolute Gasteiger partial charge is 0.265 e. The molecule has 0 aromatic heterocycles. The van der Waals surface area contributed by atoms with Gasteiger partial charge in [0.1, 0.15) is 0 Å². The van der Waals surface area contributed by atoms with E-state index < -0.39 is 0 Å². The molecule has 3 rings (SSSR count). The number of benzene rings is 2. The fourth-order valence-corrected chi connectivity index (χ4v) is 3.17. The van der Waals surface area contributed by atoms with Gasteiger partial charge in [-0.3, -0.25) is 10.2 Å². The number of nitrogens with two attached hydrogens (primary N) is 1. The van der Waals surface area contributed by atoms with Gasteiger partial charge in [0.25, 0.3) is 5.91 Å². The maximum Gasteiger partial charge on any atom is 0.265 e. The monoisotopic (exact) mass is 292 g/mol. The van der Waals surface area contributed by atoms with Gasteiger partial charge in [-0.15, -0.1) is 0 Å². The van der Waals surface area contributed by atoms with E-state index in [-0.39, 0.29) is 5.91 Å².